The molecule has 170 valence electrons. The summed E-state index contributed by atoms with van der Waals surface area (Å²) in [5.41, 5.74) is 0.917. The molecule has 7 nitrogen and oxygen atoms in total. The number of hydrogen-bond acceptors (Lipinski definition) is 6. The molecule has 2 aromatic carbocycles. The SMILES string of the molecule is N#Cc1c(F)cccc1N1CCN(C(=O)c2ccc(S(=O)(=O)NCc3cccs3)cc2)CC1. The van der Waals surface area contributed by atoms with Crippen LogP contribution in [0.1, 0.15) is 20.8 Å². The summed E-state index contributed by atoms with van der Waals surface area (Å²) < 4.78 is 41.5. The summed E-state index contributed by atoms with van der Waals surface area (Å²) in [4.78, 5) is 17.5. The summed E-state index contributed by atoms with van der Waals surface area (Å²) in [7, 11) is -3.68. The highest BCUT2D eigenvalue weighted by atomic mass is 32.2. The van der Waals surface area contributed by atoms with Gasteiger partial charge in [-0.05, 0) is 47.8 Å². The van der Waals surface area contributed by atoms with E-state index in [4.69, 9.17) is 0 Å². The third kappa shape index (κ3) is 5.06. The molecule has 0 radical (unpaired) electrons. The Kier molecular flexibility index (Phi) is 6.74. The van der Waals surface area contributed by atoms with Crippen molar-refractivity contribution in [3.8, 4) is 6.07 Å². The van der Waals surface area contributed by atoms with Gasteiger partial charge in [-0.1, -0.05) is 12.1 Å². The quantitative estimate of drug-likeness (QED) is 0.580. The van der Waals surface area contributed by atoms with Crippen LogP contribution in [0, 0.1) is 17.1 Å². The van der Waals surface area contributed by atoms with E-state index in [1.165, 1.54) is 41.7 Å². The Morgan fingerprint density at radius 1 is 1.06 bits per heavy atom. The van der Waals surface area contributed by atoms with Crippen LogP contribution in [0.3, 0.4) is 0 Å². The largest absolute Gasteiger partial charge is 0.367 e. The first-order valence-corrected chi connectivity index (χ1v) is 12.6. The van der Waals surface area contributed by atoms with Gasteiger partial charge in [0.25, 0.3) is 5.91 Å². The van der Waals surface area contributed by atoms with Crippen LogP contribution in [-0.2, 0) is 16.6 Å². The number of amides is 1. The van der Waals surface area contributed by atoms with Gasteiger partial charge >= 0.3 is 0 Å². The maximum Gasteiger partial charge on any atom is 0.253 e. The second-order valence-electron chi connectivity index (χ2n) is 7.45. The van der Waals surface area contributed by atoms with Gasteiger partial charge in [0, 0.05) is 43.2 Å². The van der Waals surface area contributed by atoms with Crippen LogP contribution in [0.5, 0.6) is 0 Å². The molecule has 1 aliphatic heterocycles. The monoisotopic (exact) mass is 484 g/mol. The van der Waals surface area contributed by atoms with E-state index in [1.807, 2.05) is 28.5 Å². The number of carbonyl (C=O) groups excluding carboxylic acids is 1. The minimum Gasteiger partial charge on any atom is -0.367 e. The van der Waals surface area contributed by atoms with E-state index in [2.05, 4.69) is 4.72 Å². The third-order valence-corrected chi connectivity index (χ3v) is 7.73. The molecule has 0 aliphatic carbocycles. The number of thiophene rings is 1. The molecule has 0 bridgehead atoms. The third-order valence-electron chi connectivity index (χ3n) is 5.44. The topological polar surface area (TPSA) is 93.5 Å². The van der Waals surface area contributed by atoms with Crippen molar-refractivity contribution in [3.05, 3.63) is 81.8 Å². The van der Waals surface area contributed by atoms with E-state index in [0.29, 0.717) is 37.4 Å². The lowest BCUT2D eigenvalue weighted by Crippen LogP contribution is -2.49. The predicted molar refractivity (Wildman–Crippen MR) is 124 cm³/mol. The Hall–Kier alpha value is -3.26. The summed E-state index contributed by atoms with van der Waals surface area (Å²) in [5.74, 6) is -0.765. The second-order valence-corrected chi connectivity index (χ2v) is 10.3. The Morgan fingerprint density at radius 2 is 1.79 bits per heavy atom. The minimum absolute atomic E-state index is 0.00163. The van der Waals surface area contributed by atoms with Crippen LogP contribution >= 0.6 is 11.3 Å². The van der Waals surface area contributed by atoms with Crippen molar-refractivity contribution < 1.29 is 17.6 Å². The lowest BCUT2D eigenvalue weighted by Gasteiger charge is -2.36. The summed E-state index contributed by atoms with van der Waals surface area (Å²) in [6.07, 6.45) is 0. The number of nitrogens with zero attached hydrogens (tertiary/aromatic N) is 3. The van der Waals surface area contributed by atoms with E-state index in [-0.39, 0.29) is 22.9 Å². The van der Waals surface area contributed by atoms with Crippen LogP contribution in [0.15, 0.2) is 64.9 Å². The zero-order valence-corrected chi connectivity index (χ0v) is 19.2. The average Bonchev–Trinajstić information content (AvgIpc) is 3.36. The fourth-order valence-corrected chi connectivity index (χ4v) is 5.40. The standard InChI is InChI=1S/C23H21FN4O3S2/c24-21-4-1-5-22(20(21)15-25)27-10-12-28(13-11-27)23(29)17-6-8-19(9-7-17)33(30,31)26-16-18-3-2-14-32-18/h1-9,14,26H,10-13,16H2. The number of nitrogens with one attached hydrogen (secondary N) is 1. The van der Waals surface area contributed by atoms with Gasteiger partial charge in [0.05, 0.1) is 10.6 Å². The van der Waals surface area contributed by atoms with Crippen molar-refractivity contribution >= 4 is 33.0 Å². The molecule has 1 aromatic heterocycles. The van der Waals surface area contributed by atoms with Gasteiger partial charge in [0.1, 0.15) is 17.4 Å². The Bertz CT molecular complexity index is 1280. The van der Waals surface area contributed by atoms with E-state index < -0.39 is 15.8 Å². The summed E-state index contributed by atoms with van der Waals surface area (Å²) in [6.45, 7) is 1.95. The number of sulfonamides is 1. The molecular formula is C23H21FN4O3S2. The predicted octanol–water partition coefficient (Wildman–Crippen LogP) is 3.20. The molecule has 4 rings (SSSR count). The molecular weight excluding hydrogens is 463 g/mol. The van der Waals surface area contributed by atoms with Crippen molar-refractivity contribution in [1.29, 1.82) is 5.26 Å². The lowest BCUT2D eigenvalue weighted by molar-refractivity contribution is 0.0746. The van der Waals surface area contributed by atoms with Crippen LogP contribution in [0.2, 0.25) is 0 Å². The Morgan fingerprint density at radius 3 is 2.42 bits per heavy atom. The number of halogens is 1. The highest BCUT2D eigenvalue weighted by molar-refractivity contribution is 7.89. The van der Waals surface area contributed by atoms with Crippen molar-refractivity contribution in [2.45, 2.75) is 11.4 Å². The van der Waals surface area contributed by atoms with Crippen molar-refractivity contribution in [3.63, 3.8) is 0 Å². The van der Waals surface area contributed by atoms with Gasteiger partial charge in [-0.25, -0.2) is 17.5 Å². The fourth-order valence-electron chi connectivity index (χ4n) is 3.66. The van der Waals surface area contributed by atoms with Crippen LogP contribution in [0.25, 0.3) is 0 Å². The maximum absolute atomic E-state index is 13.9. The fraction of sp³-hybridized carbons (Fsp3) is 0.217. The molecule has 0 saturated carbocycles. The number of hydrogen-bond donors (Lipinski definition) is 1. The summed E-state index contributed by atoms with van der Waals surface area (Å²) in [5, 5.41) is 11.1. The lowest BCUT2D eigenvalue weighted by atomic mass is 10.1. The molecule has 3 aromatic rings. The van der Waals surface area contributed by atoms with Crippen LogP contribution in [0.4, 0.5) is 10.1 Å². The van der Waals surface area contributed by atoms with E-state index in [0.717, 1.165) is 4.88 Å². The molecule has 1 saturated heterocycles. The molecule has 0 unspecified atom stereocenters. The van der Waals surface area contributed by atoms with Gasteiger partial charge in [-0.15, -0.1) is 11.3 Å². The smallest absolute Gasteiger partial charge is 0.253 e. The number of nitriles is 1. The van der Waals surface area contributed by atoms with Gasteiger partial charge in [0.2, 0.25) is 10.0 Å². The molecule has 1 amide bonds. The number of rotatable bonds is 6. The number of piperazine rings is 1. The van der Waals surface area contributed by atoms with Gasteiger partial charge in [-0.3, -0.25) is 4.79 Å². The second kappa shape index (κ2) is 9.70. The zero-order valence-electron chi connectivity index (χ0n) is 17.6. The highest BCUT2D eigenvalue weighted by Crippen LogP contribution is 2.24. The average molecular weight is 485 g/mol. The van der Waals surface area contributed by atoms with E-state index in [1.54, 1.807) is 17.0 Å². The van der Waals surface area contributed by atoms with Crippen molar-refractivity contribution in [1.82, 2.24) is 9.62 Å². The number of benzene rings is 2. The highest BCUT2D eigenvalue weighted by Gasteiger charge is 2.25. The molecule has 1 aliphatic rings. The zero-order chi connectivity index (χ0) is 23.4. The van der Waals surface area contributed by atoms with Crippen molar-refractivity contribution in [2.75, 3.05) is 31.1 Å². The maximum atomic E-state index is 13.9. The molecule has 10 heteroatoms. The van der Waals surface area contributed by atoms with Crippen LogP contribution < -0.4 is 9.62 Å². The molecule has 33 heavy (non-hydrogen) atoms. The van der Waals surface area contributed by atoms with Crippen molar-refractivity contribution in [2.24, 2.45) is 0 Å². The first kappa shape index (κ1) is 22.9. The molecule has 1 N–H and O–H groups in total. The normalized spacial score (nSPS) is 14.2. The molecule has 2 heterocycles. The molecule has 0 atom stereocenters. The first-order chi connectivity index (χ1) is 15.9. The number of carbonyl (C=O) groups is 1. The Balaban J connectivity index is 1.38. The number of anilines is 1. The summed E-state index contributed by atoms with van der Waals surface area (Å²) in [6, 6.07) is 16.0. The molecule has 1 fully saturated rings. The van der Waals surface area contributed by atoms with E-state index >= 15 is 0 Å². The van der Waals surface area contributed by atoms with Gasteiger partial charge in [-0.2, -0.15) is 5.26 Å². The summed E-state index contributed by atoms with van der Waals surface area (Å²) >= 11 is 1.47. The Labute approximate surface area is 195 Å². The van der Waals surface area contributed by atoms with E-state index in [9.17, 15) is 22.9 Å². The van der Waals surface area contributed by atoms with Gasteiger partial charge < -0.3 is 9.80 Å². The van der Waals surface area contributed by atoms with Gasteiger partial charge in [0.15, 0.2) is 0 Å². The van der Waals surface area contributed by atoms with Crippen LogP contribution in [-0.4, -0.2) is 45.4 Å². The first-order valence-electron chi connectivity index (χ1n) is 10.2. The minimum atomic E-state index is -3.68. The molecule has 0 spiro atoms.